The highest BCUT2D eigenvalue weighted by molar-refractivity contribution is 5.80. The van der Waals surface area contributed by atoms with Gasteiger partial charge >= 0.3 is 12.1 Å². The van der Waals surface area contributed by atoms with Crippen molar-refractivity contribution in [3.63, 3.8) is 0 Å². The van der Waals surface area contributed by atoms with Crippen molar-refractivity contribution in [1.29, 1.82) is 0 Å². The van der Waals surface area contributed by atoms with Crippen molar-refractivity contribution in [2.24, 2.45) is 11.8 Å². The molecule has 1 fully saturated rings. The Morgan fingerprint density at radius 3 is 2.29 bits per heavy atom. The number of benzene rings is 2. The number of carbonyl (C=O) groups is 3. The molecule has 0 saturated heterocycles. The summed E-state index contributed by atoms with van der Waals surface area (Å²) in [5.41, 5.74) is 4.72. The van der Waals surface area contributed by atoms with Crippen molar-refractivity contribution in [3.05, 3.63) is 59.7 Å². The molecule has 0 aliphatic heterocycles. The van der Waals surface area contributed by atoms with E-state index in [2.05, 4.69) is 29.6 Å². The van der Waals surface area contributed by atoms with Crippen molar-refractivity contribution in [2.45, 2.75) is 44.4 Å². The smallest absolute Gasteiger partial charge is 0.407 e. The van der Waals surface area contributed by atoms with Crippen molar-refractivity contribution in [1.82, 2.24) is 10.2 Å². The van der Waals surface area contributed by atoms with Gasteiger partial charge in [0, 0.05) is 38.4 Å². The summed E-state index contributed by atoms with van der Waals surface area (Å²) in [6, 6.07) is 16.5. The number of nitrogens with zero attached hydrogens (tertiary/aromatic N) is 1. The van der Waals surface area contributed by atoms with Crippen LogP contribution in [0.5, 0.6) is 0 Å². The molecule has 2 aliphatic rings. The van der Waals surface area contributed by atoms with Crippen LogP contribution < -0.4 is 5.32 Å². The van der Waals surface area contributed by atoms with E-state index in [1.54, 1.807) is 11.9 Å². The molecule has 35 heavy (non-hydrogen) atoms. The van der Waals surface area contributed by atoms with E-state index in [9.17, 15) is 14.4 Å². The molecule has 7 heteroatoms. The summed E-state index contributed by atoms with van der Waals surface area (Å²) < 4.78 is 5.65. The molecule has 2 aromatic rings. The molecule has 1 saturated carbocycles. The predicted molar refractivity (Wildman–Crippen MR) is 133 cm³/mol. The molecule has 4 rings (SSSR count). The maximum atomic E-state index is 13.0. The number of carbonyl (C=O) groups excluding carboxylic acids is 2. The van der Waals surface area contributed by atoms with Gasteiger partial charge in [-0.2, -0.15) is 0 Å². The third-order valence-electron chi connectivity index (χ3n) is 7.34. The van der Waals surface area contributed by atoms with Crippen LogP contribution in [-0.2, 0) is 14.3 Å². The largest absolute Gasteiger partial charge is 0.481 e. The average Bonchev–Trinajstić information content (AvgIpc) is 3.19. The Balaban J connectivity index is 1.30. The van der Waals surface area contributed by atoms with Crippen molar-refractivity contribution < 1.29 is 24.2 Å². The summed E-state index contributed by atoms with van der Waals surface area (Å²) in [4.78, 5) is 38.0. The zero-order chi connectivity index (χ0) is 24.8. The number of carboxylic acid groups (broad SMARTS) is 1. The molecule has 2 aliphatic carbocycles. The molecule has 186 valence electrons. The van der Waals surface area contributed by atoms with Gasteiger partial charge in [-0.15, -0.1) is 0 Å². The number of hydrogen-bond donors (Lipinski definition) is 2. The van der Waals surface area contributed by atoms with E-state index in [1.807, 2.05) is 24.3 Å². The summed E-state index contributed by atoms with van der Waals surface area (Å²) in [5.74, 6) is -0.911. The van der Waals surface area contributed by atoms with Crippen LogP contribution in [0, 0.1) is 11.8 Å². The van der Waals surface area contributed by atoms with Gasteiger partial charge in [0.15, 0.2) is 0 Å². The molecule has 0 unspecified atom stereocenters. The maximum Gasteiger partial charge on any atom is 0.407 e. The summed E-state index contributed by atoms with van der Waals surface area (Å²) in [7, 11) is 1.73. The highest BCUT2D eigenvalue weighted by Gasteiger charge is 2.33. The van der Waals surface area contributed by atoms with E-state index in [-0.39, 0.29) is 36.7 Å². The molecular formula is C28H34N2O5. The normalized spacial score (nSPS) is 18.9. The SMILES string of the molecule is CN(CCCC(=O)O)C(=O)[C@H]1CCCC[C@H]1CNC(=O)OCC1c2ccccc2-c2ccccc21. The molecule has 7 nitrogen and oxygen atoms in total. The van der Waals surface area contributed by atoms with Crippen molar-refractivity contribution in [3.8, 4) is 11.1 Å². The van der Waals surface area contributed by atoms with E-state index in [0.29, 0.717) is 19.5 Å². The number of nitrogens with one attached hydrogen (secondary N) is 1. The molecule has 2 amide bonds. The third-order valence-corrected chi connectivity index (χ3v) is 7.34. The van der Waals surface area contributed by atoms with Crippen LogP contribution in [0.25, 0.3) is 11.1 Å². The van der Waals surface area contributed by atoms with E-state index in [1.165, 1.54) is 22.3 Å². The van der Waals surface area contributed by atoms with Gasteiger partial charge in [-0.1, -0.05) is 61.4 Å². The minimum absolute atomic E-state index is 0.0107. The van der Waals surface area contributed by atoms with E-state index >= 15 is 0 Å². The first-order chi connectivity index (χ1) is 17.0. The number of ether oxygens (including phenoxy) is 1. The molecule has 0 radical (unpaired) electrons. The summed E-state index contributed by atoms with van der Waals surface area (Å²) in [5, 5.41) is 11.7. The predicted octanol–water partition coefficient (Wildman–Crippen LogP) is 4.65. The molecular weight excluding hydrogens is 444 g/mol. The molecule has 2 atom stereocenters. The molecule has 0 heterocycles. The fourth-order valence-corrected chi connectivity index (χ4v) is 5.50. The lowest BCUT2D eigenvalue weighted by Crippen LogP contribution is -2.43. The number of hydrogen-bond acceptors (Lipinski definition) is 4. The van der Waals surface area contributed by atoms with E-state index in [0.717, 1.165) is 25.7 Å². The Kier molecular flexibility index (Phi) is 8.06. The Morgan fingerprint density at radius 1 is 1.00 bits per heavy atom. The van der Waals surface area contributed by atoms with Crippen LogP contribution in [-0.4, -0.2) is 54.7 Å². The van der Waals surface area contributed by atoms with Crippen LogP contribution >= 0.6 is 0 Å². The molecule has 0 bridgehead atoms. The molecule has 2 N–H and O–H groups in total. The maximum absolute atomic E-state index is 13.0. The van der Waals surface area contributed by atoms with Gasteiger partial charge in [-0.05, 0) is 47.4 Å². The first kappa shape index (κ1) is 24.8. The summed E-state index contributed by atoms with van der Waals surface area (Å²) >= 11 is 0. The van der Waals surface area contributed by atoms with E-state index in [4.69, 9.17) is 9.84 Å². The second-order valence-corrected chi connectivity index (χ2v) is 9.61. The second kappa shape index (κ2) is 11.4. The van der Waals surface area contributed by atoms with Crippen LogP contribution in [0.1, 0.15) is 55.6 Å². The Hall–Kier alpha value is -3.35. The minimum atomic E-state index is -0.853. The van der Waals surface area contributed by atoms with Gasteiger partial charge in [-0.3, -0.25) is 9.59 Å². The lowest BCUT2D eigenvalue weighted by atomic mass is 9.78. The zero-order valence-corrected chi connectivity index (χ0v) is 20.2. The Morgan fingerprint density at radius 2 is 1.63 bits per heavy atom. The second-order valence-electron chi connectivity index (χ2n) is 9.61. The van der Waals surface area contributed by atoms with Gasteiger partial charge in [0.05, 0.1) is 0 Å². The van der Waals surface area contributed by atoms with Crippen molar-refractivity contribution in [2.75, 3.05) is 26.7 Å². The van der Waals surface area contributed by atoms with Crippen molar-refractivity contribution >= 4 is 18.0 Å². The van der Waals surface area contributed by atoms with Gasteiger partial charge in [0.2, 0.25) is 5.91 Å². The van der Waals surface area contributed by atoms with E-state index < -0.39 is 12.1 Å². The molecule has 0 spiro atoms. The number of fused-ring (bicyclic) bond motifs is 3. The van der Waals surface area contributed by atoms with Crippen LogP contribution in [0.3, 0.4) is 0 Å². The van der Waals surface area contributed by atoms with Gasteiger partial charge in [0.1, 0.15) is 6.61 Å². The number of rotatable bonds is 9. The third kappa shape index (κ3) is 5.84. The standard InChI is InChI=1S/C28H34N2O5/c1-30(16-8-15-26(31)32)27(33)20-10-3-2-9-19(20)17-29-28(34)35-18-25-23-13-6-4-11-21(23)22-12-5-7-14-24(22)25/h4-7,11-14,19-20,25H,2-3,8-10,15-18H2,1H3,(H,29,34)(H,31,32)/t19-,20-/m0/s1. The zero-order valence-electron chi connectivity index (χ0n) is 20.2. The minimum Gasteiger partial charge on any atom is -0.481 e. The highest BCUT2D eigenvalue weighted by Crippen LogP contribution is 2.44. The molecule has 2 aromatic carbocycles. The number of carboxylic acids is 1. The van der Waals surface area contributed by atoms with Crippen LogP contribution in [0.2, 0.25) is 0 Å². The number of amides is 2. The van der Waals surface area contributed by atoms with Gasteiger partial charge < -0.3 is 20.1 Å². The van der Waals surface area contributed by atoms with Crippen LogP contribution in [0.15, 0.2) is 48.5 Å². The Bertz CT molecular complexity index is 1020. The number of alkyl carbamates (subject to hydrolysis) is 1. The monoisotopic (exact) mass is 478 g/mol. The average molecular weight is 479 g/mol. The topological polar surface area (TPSA) is 95.9 Å². The first-order valence-electron chi connectivity index (χ1n) is 12.5. The summed E-state index contributed by atoms with van der Waals surface area (Å²) in [6.45, 7) is 1.09. The fraction of sp³-hybridized carbons (Fsp3) is 0.464. The summed E-state index contributed by atoms with van der Waals surface area (Å²) in [6.07, 6.45) is 3.72. The number of aliphatic carboxylic acids is 1. The quantitative estimate of drug-likeness (QED) is 0.547. The lowest BCUT2D eigenvalue weighted by molar-refractivity contribution is -0.139. The van der Waals surface area contributed by atoms with Gasteiger partial charge in [0.25, 0.3) is 0 Å². The van der Waals surface area contributed by atoms with Gasteiger partial charge in [-0.25, -0.2) is 4.79 Å². The Labute approximate surface area is 206 Å². The van der Waals surface area contributed by atoms with Crippen LogP contribution in [0.4, 0.5) is 4.79 Å². The molecule has 0 aromatic heterocycles. The lowest BCUT2D eigenvalue weighted by Gasteiger charge is -2.33. The first-order valence-corrected chi connectivity index (χ1v) is 12.5. The highest BCUT2D eigenvalue weighted by atomic mass is 16.5. The fourth-order valence-electron chi connectivity index (χ4n) is 5.50.